The van der Waals surface area contributed by atoms with Crippen LogP contribution in [0.1, 0.15) is 13.3 Å². The molecule has 0 saturated heterocycles. The Balaban J connectivity index is 0.000000492. The molecule has 0 fully saturated rings. The smallest absolute Gasteiger partial charge is 0.249 e. The lowest BCUT2D eigenvalue weighted by atomic mass is 10.0. The summed E-state index contributed by atoms with van der Waals surface area (Å²) < 4.78 is 12.1. The highest BCUT2D eigenvalue weighted by Crippen LogP contribution is 2.22. The van der Waals surface area contributed by atoms with Crippen LogP contribution in [0.3, 0.4) is 0 Å². The molecule has 18 heavy (non-hydrogen) atoms. The van der Waals surface area contributed by atoms with E-state index in [4.69, 9.17) is 9.59 Å². The zero-order valence-corrected chi connectivity index (χ0v) is 10.9. The maximum atomic E-state index is 12.1. The minimum atomic E-state index is -1.01. The molecule has 1 aliphatic rings. The molecule has 0 heterocycles. The van der Waals surface area contributed by atoms with Gasteiger partial charge in [0, 0.05) is 9.80 Å². The van der Waals surface area contributed by atoms with Gasteiger partial charge in [0.25, 0.3) is 0 Å². The van der Waals surface area contributed by atoms with Gasteiger partial charge in [0.05, 0.1) is 10.8 Å². The number of allylic oxidation sites excluding steroid dienone is 3. The first kappa shape index (κ1) is 14.3. The minimum Gasteiger partial charge on any atom is -0.249 e. The van der Waals surface area contributed by atoms with Crippen LogP contribution >= 0.6 is 0 Å². The highest BCUT2D eigenvalue weighted by atomic mass is 32.2. The van der Waals surface area contributed by atoms with Gasteiger partial charge in [-0.2, -0.15) is 9.59 Å². The summed E-state index contributed by atoms with van der Waals surface area (Å²) in [6.07, 6.45) is 7.42. The summed E-state index contributed by atoms with van der Waals surface area (Å²) in [5, 5.41) is 0. The van der Waals surface area contributed by atoms with Crippen LogP contribution in [0.4, 0.5) is 0 Å². The molecular weight excluding hydrogens is 248 g/mol. The summed E-state index contributed by atoms with van der Waals surface area (Å²) in [7, 11) is -1.01. The van der Waals surface area contributed by atoms with Crippen molar-refractivity contribution in [3.63, 3.8) is 0 Å². The molecule has 0 N–H and O–H groups in total. The summed E-state index contributed by atoms with van der Waals surface area (Å²) in [6.45, 7) is 2.16. The molecule has 1 aromatic rings. The quantitative estimate of drug-likeness (QED) is 0.823. The van der Waals surface area contributed by atoms with Crippen LogP contribution in [0.5, 0.6) is 0 Å². The van der Waals surface area contributed by atoms with Crippen molar-refractivity contribution in [2.45, 2.75) is 18.2 Å². The number of carbonyl (C=O) groups excluding carboxylic acids is 2. The first-order valence-corrected chi connectivity index (χ1v) is 6.68. The van der Waals surface area contributed by atoms with Gasteiger partial charge in [-0.3, -0.25) is 0 Å². The molecule has 0 amide bonds. The van der Waals surface area contributed by atoms with E-state index in [2.05, 4.69) is 19.1 Å². The Morgan fingerprint density at radius 3 is 2.33 bits per heavy atom. The van der Waals surface area contributed by atoms with Gasteiger partial charge in [0.1, 0.15) is 0 Å². The second-order valence-corrected chi connectivity index (χ2v) is 5.32. The summed E-state index contributed by atoms with van der Waals surface area (Å²) in [5.74, 6) is 0.571. The molecule has 0 aliphatic heterocycles. The first-order chi connectivity index (χ1) is 8.69. The molecular formula is C14H14O3S. The summed E-state index contributed by atoms with van der Waals surface area (Å²) in [6, 6.07) is 9.59. The van der Waals surface area contributed by atoms with Crippen molar-refractivity contribution >= 4 is 17.0 Å². The molecule has 1 aliphatic carbocycles. The van der Waals surface area contributed by atoms with Crippen molar-refractivity contribution in [3.8, 4) is 0 Å². The van der Waals surface area contributed by atoms with Crippen LogP contribution in [0.2, 0.25) is 0 Å². The lowest BCUT2D eigenvalue weighted by Crippen LogP contribution is -2.00. The van der Waals surface area contributed by atoms with Gasteiger partial charge in [-0.25, -0.2) is 4.21 Å². The predicted molar refractivity (Wildman–Crippen MR) is 68.9 cm³/mol. The Morgan fingerprint density at radius 2 is 1.83 bits per heavy atom. The average Bonchev–Trinajstić information content (AvgIpc) is 2.41. The van der Waals surface area contributed by atoms with E-state index >= 15 is 0 Å². The van der Waals surface area contributed by atoms with Crippen molar-refractivity contribution in [1.82, 2.24) is 0 Å². The van der Waals surface area contributed by atoms with Gasteiger partial charge in [-0.1, -0.05) is 37.3 Å². The fraction of sp³-hybridized carbons (Fsp3) is 0.214. The maximum absolute atomic E-state index is 12.1. The molecule has 2 rings (SSSR count). The van der Waals surface area contributed by atoms with Crippen molar-refractivity contribution < 1.29 is 13.8 Å². The molecule has 0 aromatic heterocycles. The monoisotopic (exact) mass is 262 g/mol. The van der Waals surface area contributed by atoms with E-state index in [0.717, 1.165) is 16.2 Å². The fourth-order valence-electron chi connectivity index (χ4n) is 1.53. The molecule has 4 heteroatoms. The van der Waals surface area contributed by atoms with Crippen LogP contribution in [0.25, 0.3) is 0 Å². The summed E-state index contributed by atoms with van der Waals surface area (Å²) >= 11 is 0. The summed E-state index contributed by atoms with van der Waals surface area (Å²) in [5.41, 5.74) is 0. The molecule has 0 radical (unpaired) electrons. The molecule has 2 atom stereocenters. The first-order valence-electron chi connectivity index (χ1n) is 5.53. The van der Waals surface area contributed by atoms with Crippen molar-refractivity contribution in [2.75, 3.05) is 0 Å². The predicted octanol–water partition coefficient (Wildman–Crippen LogP) is 2.69. The zero-order valence-electron chi connectivity index (χ0n) is 10.0. The van der Waals surface area contributed by atoms with E-state index in [1.807, 2.05) is 36.4 Å². The minimum absolute atomic E-state index is 0.250. The van der Waals surface area contributed by atoms with Crippen LogP contribution in [0.15, 0.2) is 58.4 Å². The highest BCUT2D eigenvalue weighted by Gasteiger charge is 2.10. The Hall–Kier alpha value is -1.77. The Labute approximate surface area is 109 Å². The molecule has 3 nitrogen and oxygen atoms in total. The third kappa shape index (κ3) is 4.24. The third-order valence-electron chi connectivity index (χ3n) is 2.45. The van der Waals surface area contributed by atoms with Crippen molar-refractivity contribution in [3.05, 3.63) is 53.5 Å². The molecule has 1 aromatic carbocycles. The largest absolute Gasteiger partial charge is 0.373 e. The van der Waals surface area contributed by atoms with E-state index in [0.29, 0.717) is 5.92 Å². The van der Waals surface area contributed by atoms with E-state index in [9.17, 15) is 4.21 Å². The Morgan fingerprint density at radius 1 is 1.22 bits per heavy atom. The van der Waals surface area contributed by atoms with E-state index in [1.54, 1.807) is 0 Å². The zero-order chi connectivity index (χ0) is 13.4. The van der Waals surface area contributed by atoms with Crippen LogP contribution in [-0.2, 0) is 20.4 Å². The van der Waals surface area contributed by atoms with Crippen LogP contribution in [-0.4, -0.2) is 10.4 Å². The van der Waals surface area contributed by atoms with Gasteiger partial charge < -0.3 is 0 Å². The highest BCUT2D eigenvalue weighted by molar-refractivity contribution is 7.89. The average molecular weight is 262 g/mol. The van der Waals surface area contributed by atoms with E-state index < -0.39 is 10.8 Å². The van der Waals surface area contributed by atoms with Gasteiger partial charge >= 0.3 is 6.15 Å². The van der Waals surface area contributed by atoms with Gasteiger partial charge in [0.2, 0.25) is 0 Å². The van der Waals surface area contributed by atoms with E-state index in [-0.39, 0.29) is 6.15 Å². The van der Waals surface area contributed by atoms with Crippen LogP contribution < -0.4 is 0 Å². The normalized spacial score (nSPS) is 18.9. The van der Waals surface area contributed by atoms with E-state index in [1.165, 1.54) is 0 Å². The Kier molecular flexibility index (Phi) is 5.98. The number of hydrogen-bond acceptors (Lipinski definition) is 3. The second kappa shape index (κ2) is 7.54. The topological polar surface area (TPSA) is 51.2 Å². The van der Waals surface area contributed by atoms with Crippen molar-refractivity contribution in [1.29, 1.82) is 0 Å². The van der Waals surface area contributed by atoms with Gasteiger partial charge in [0.15, 0.2) is 0 Å². The molecule has 0 spiro atoms. The second-order valence-electron chi connectivity index (χ2n) is 3.84. The summed E-state index contributed by atoms with van der Waals surface area (Å²) in [4.78, 5) is 18.1. The number of benzene rings is 1. The van der Waals surface area contributed by atoms with Crippen LogP contribution in [0, 0.1) is 5.92 Å². The van der Waals surface area contributed by atoms with Gasteiger partial charge in [-0.15, -0.1) is 0 Å². The number of hydrogen-bond donors (Lipinski definition) is 0. The molecule has 0 saturated carbocycles. The molecule has 2 unspecified atom stereocenters. The number of rotatable bonds is 2. The lowest BCUT2D eigenvalue weighted by Gasteiger charge is -2.11. The SMILES string of the molecule is CC1C=CC(S(=O)c2ccccc2)=CC1.O=C=O. The standard InChI is InChI=1S/C13H14OS.CO2/c1-11-7-9-13(10-8-11)15(14)12-5-3-2-4-6-12;2-1-3/h2-7,9-11H,8H2,1H3;. The fourth-order valence-corrected chi connectivity index (χ4v) is 2.65. The molecule has 0 bridgehead atoms. The maximum Gasteiger partial charge on any atom is 0.373 e. The third-order valence-corrected chi connectivity index (χ3v) is 3.88. The Bertz CT molecular complexity index is 497. The lowest BCUT2D eigenvalue weighted by molar-refractivity contribution is -0.191. The molecule has 94 valence electrons. The van der Waals surface area contributed by atoms with Crippen molar-refractivity contribution in [2.24, 2.45) is 5.92 Å². The van der Waals surface area contributed by atoms with Gasteiger partial charge in [-0.05, 0) is 30.5 Å².